The number of nitrogens with two attached hydrogens (primary N) is 1. The number of rotatable bonds is 2. The Bertz CT molecular complexity index is 569. The molecule has 0 saturated carbocycles. The van der Waals surface area contributed by atoms with Crippen LogP contribution in [0.5, 0.6) is 0 Å². The summed E-state index contributed by atoms with van der Waals surface area (Å²) in [5, 5.41) is 14.0. The average Bonchev–Trinajstić information content (AvgIpc) is 2.28. The summed E-state index contributed by atoms with van der Waals surface area (Å²) >= 11 is 5.70. The summed E-state index contributed by atoms with van der Waals surface area (Å²) in [7, 11) is 0. The summed E-state index contributed by atoms with van der Waals surface area (Å²) in [5.74, 6) is 5.06. The number of anilines is 1. The normalized spacial score (nSPS) is 8.76. The number of benzene rings is 1. The van der Waals surface area contributed by atoms with Gasteiger partial charge in [0.15, 0.2) is 0 Å². The van der Waals surface area contributed by atoms with E-state index in [0.29, 0.717) is 0 Å². The number of nitrogen functional groups attached to an aromatic ring is 1. The summed E-state index contributed by atoms with van der Waals surface area (Å²) < 4.78 is 0. The van der Waals surface area contributed by atoms with Crippen molar-refractivity contribution in [1.29, 1.82) is 0 Å². The third-order valence-electron chi connectivity index (χ3n) is 1.76. The Morgan fingerprint density at radius 1 is 1.65 bits per heavy atom. The molecule has 0 saturated heterocycles. The van der Waals surface area contributed by atoms with Crippen molar-refractivity contribution in [3.63, 3.8) is 0 Å². The zero-order valence-electron chi connectivity index (χ0n) is 8.42. The molecular formula is C9H6ClN5O2. The lowest BCUT2D eigenvalue weighted by molar-refractivity contribution is -0.383. The van der Waals surface area contributed by atoms with Crippen molar-refractivity contribution < 1.29 is 4.92 Å². The molecule has 86 valence electrons. The van der Waals surface area contributed by atoms with Gasteiger partial charge in [-0.05, 0) is 11.6 Å². The fourth-order valence-corrected chi connectivity index (χ4v) is 1.27. The fourth-order valence-electron chi connectivity index (χ4n) is 1.06. The van der Waals surface area contributed by atoms with Gasteiger partial charge in [-0.25, -0.2) is 0 Å². The van der Waals surface area contributed by atoms with Crippen molar-refractivity contribution in [2.24, 2.45) is 5.11 Å². The first-order valence-corrected chi connectivity index (χ1v) is 4.67. The van der Waals surface area contributed by atoms with Crippen LogP contribution in [0.15, 0.2) is 17.2 Å². The Morgan fingerprint density at radius 2 is 2.35 bits per heavy atom. The first kappa shape index (κ1) is 12.6. The second-order valence-corrected chi connectivity index (χ2v) is 3.27. The molecule has 2 N–H and O–H groups in total. The largest absolute Gasteiger partial charge is 0.392 e. The SMILES string of the molecule is [N-]=[N+]=NCC#Cc1cc(Cl)cc([N+](=O)[O-])c1N. The number of hydrogen-bond acceptors (Lipinski definition) is 4. The molecule has 0 amide bonds. The molecule has 7 nitrogen and oxygen atoms in total. The third-order valence-corrected chi connectivity index (χ3v) is 1.97. The van der Waals surface area contributed by atoms with Crippen LogP contribution in [0, 0.1) is 22.0 Å². The van der Waals surface area contributed by atoms with Gasteiger partial charge in [-0.2, -0.15) is 0 Å². The van der Waals surface area contributed by atoms with E-state index in [0.717, 1.165) is 6.07 Å². The van der Waals surface area contributed by atoms with Gasteiger partial charge in [-0.3, -0.25) is 10.1 Å². The summed E-state index contributed by atoms with van der Waals surface area (Å²) in [4.78, 5) is 12.5. The molecule has 8 heteroatoms. The van der Waals surface area contributed by atoms with E-state index >= 15 is 0 Å². The number of nitrogens with zero attached hydrogens (tertiary/aromatic N) is 4. The van der Waals surface area contributed by atoms with Crippen molar-refractivity contribution in [2.75, 3.05) is 12.3 Å². The molecule has 0 unspecified atom stereocenters. The molecule has 1 rings (SSSR count). The highest BCUT2D eigenvalue weighted by Crippen LogP contribution is 2.28. The maximum absolute atomic E-state index is 10.7. The molecule has 0 aliphatic carbocycles. The molecule has 0 aromatic heterocycles. The highest BCUT2D eigenvalue weighted by molar-refractivity contribution is 6.31. The Balaban J connectivity index is 3.18. The van der Waals surface area contributed by atoms with Crippen LogP contribution in [0.2, 0.25) is 5.02 Å². The lowest BCUT2D eigenvalue weighted by Gasteiger charge is -2.00. The molecule has 17 heavy (non-hydrogen) atoms. The van der Waals surface area contributed by atoms with E-state index in [1.54, 1.807) is 0 Å². The minimum Gasteiger partial charge on any atom is -0.392 e. The highest BCUT2D eigenvalue weighted by atomic mass is 35.5. The van der Waals surface area contributed by atoms with Gasteiger partial charge in [0, 0.05) is 16.0 Å². The van der Waals surface area contributed by atoms with Crippen LogP contribution in [0.1, 0.15) is 5.56 Å². The Kier molecular flexibility index (Phi) is 4.17. The van der Waals surface area contributed by atoms with Gasteiger partial charge in [-0.15, -0.1) is 0 Å². The van der Waals surface area contributed by atoms with Crippen LogP contribution in [-0.4, -0.2) is 11.5 Å². The van der Waals surface area contributed by atoms with Crippen LogP contribution in [0.3, 0.4) is 0 Å². The van der Waals surface area contributed by atoms with E-state index in [1.807, 2.05) is 0 Å². The monoisotopic (exact) mass is 251 g/mol. The molecule has 1 aromatic carbocycles. The van der Waals surface area contributed by atoms with Gasteiger partial charge in [0.2, 0.25) is 0 Å². The summed E-state index contributed by atoms with van der Waals surface area (Å²) in [5.41, 5.74) is 13.5. The first-order valence-electron chi connectivity index (χ1n) is 4.29. The smallest absolute Gasteiger partial charge is 0.294 e. The Morgan fingerprint density at radius 3 is 2.94 bits per heavy atom. The predicted molar refractivity (Wildman–Crippen MR) is 63.4 cm³/mol. The molecule has 0 bridgehead atoms. The average molecular weight is 252 g/mol. The standard InChI is InChI=1S/C9H6ClN5O2/c10-7-4-6(2-1-3-13-14-12)9(11)8(5-7)15(16)17/h4-5H,3,11H2. The third kappa shape index (κ3) is 3.28. The highest BCUT2D eigenvalue weighted by Gasteiger charge is 2.15. The van der Waals surface area contributed by atoms with Crippen LogP contribution in [0.4, 0.5) is 11.4 Å². The second kappa shape index (κ2) is 5.61. The van der Waals surface area contributed by atoms with Crippen LogP contribution >= 0.6 is 11.6 Å². The van der Waals surface area contributed by atoms with E-state index < -0.39 is 4.92 Å². The molecule has 0 atom stereocenters. The van der Waals surface area contributed by atoms with Crippen molar-refractivity contribution in [3.8, 4) is 11.8 Å². The quantitative estimate of drug-likeness (QED) is 0.165. The Labute approximate surface area is 101 Å². The molecule has 0 radical (unpaired) electrons. The van der Waals surface area contributed by atoms with Gasteiger partial charge >= 0.3 is 0 Å². The van der Waals surface area contributed by atoms with Crippen LogP contribution in [-0.2, 0) is 0 Å². The van der Waals surface area contributed by atoms with Crippen LogP contribution in [0.25, 0.3) is 10.4 Å². The molecule has 1 aromatic rings. The predicted octanol–water partition coefficient (Wildman–Crippen LogP) is 2.49. The maximum atomic E-state index is 10.7. The molecule has 0 spiro atoms. The summed E-state index contributed by atoms with van der Waals surface area (Å²) in [6.07, 6.45) is 0. The van der Waals surface area contributed by atoms with Crippen molar-refractivity contribution >= 4 is 23.0 Å². The number of halogens is 1. The van der Waals surface area contributed by atoms with Crippen molar-refractivity contribution in [2.45, 2.75) is 0 Å². The summed E-state index contributed by atoms with van der Waals surface area (Å²) in [6.45, 7) is -0.0454. The Hall–Kier alpha value is -2.42. The van der Waals surface area contributed by atoms with Gasteiger partial charge in [0.05, 0.1) is 17.0 Å². The van der Waals surface area contributed by atoms with Gasteiger partial charge < -0.3 is 5.73 Å². The fraction of sp³-hybridized carbons (Fsp3) is 0.111. The second-order valence-electron chi connectivity index (χ2n) is 2.83. The van der Waals surface area contributed by atoms with E-state index in [9.17, 15) is 10.1 Å². The number of azide groups is 1. The first-order chi connectivity index (χ1) is 8.06. The van der Waals surface area contributed by atoms with Gasteiger partial charge in [0.25, 0.3) is 5.69 Å². The van der Waals surface area contributed by atoms with E-state index in [1.165, 1.54) is 6.07 Å². The van der Waals surface area contributed by atoms with Gasteiger partial charge in [-0.1, -0.05) is 28.6 Å². The minimum absolute atomic E-state index is 0.0454. The van der Waals surface area contributed by atoms with Crippen molar-refractivity contribution in [3.05, 3.63) is 43.3 Å². The number of hydrogen-bond donors (Lipinski definition) is 1. The topological polar surface area (TPSA) is 118 Å². The number of nitro benzene ring substituents is 1. The lowest BCUT2D eigenvalue weighted by atomic mass is 10.1. The maximum Gasteiger partial charge on any atom is 0.294 e. The molecule has 0 aliphatic rings. The lowest BCUT2D eigenvalue weighted by Crippen LogP contribution is -1.98. The summed E-state index contributed by atoms with van der Waals surface area (Å²) in [6, 6.07) is 2.56. The van der Waals surface area contributed by atoms with Crippen LogP contribution < -0.4 is 5.73 Å². The van der Waals surface area contributed by atoms with E-state index in [-0.39, 0.29) is 28.5 Å². The van der Waals surface area contributed by atoms with Crippen molar-refractivity contribution in [1.82, 2.24) is 0 Å². The molecule has 0 heterocycles. The molecular weight excluding hydrogens is 246 g/mol. The molecule has 0 fully saturated rings. The van der Waals surface area contributed by atoms with E-state index in [2.05, 4.69) is 21.9 Å². The van der Waals surface area contributed by atoms with Gasteiger partial charge in [0.1, 0.15) is 5.69 Å². The minimum atomic E-state index is -0.639. The zero-order chi connectivity index (χ0) is 12.8. The molecule has 0 aliphatic heterocycles. The number of nitro groups is 1. The zero-order valence-corrected chi connectivity index (χ0v) is 9.18. The van der Waals surface area contributed by atoms with E-state index in [4.69, 9.17) is 22.9 Å².